The van der Waals surface area contributed by atoms with Crippen molar-refractivity contribution in [1.29, 1.82) is 0 Å². The second-order valence-electron chi connectivity index (χ2n) is 2.05. The van der Waals surface area contributed by atoms with Gasteiger partial charge in [0.1, 0.15) is 0 Å². The van der Waals surface area contributed by atoms with E-state index in [1.807, 2.05) is 12.2 Å². The first-order chi connectivity index (χ1) is 5.24. The third-order valence-corrected chi connectivity index (χ3v) is 2.00. The van der Waals surface area contributed by atoms with Gasteiger partial charge in [0.15, 0.2) is 0 Å². The Morgan fingerprint density at radius 3 is 2.45 bits per heavy atom. The highest BCUT2D eigenvalue weighted by Gasteiger charge is 1.87. The van der Waals surface area contributed by atoms with Crippen LogP contribution in [-0.4, -0.2) is 0 Å². The quantitative estimate of drug-likeness (QED) is 0.619. The predicted octanol–water partition coefficient (Wildman–Crippen LogP) is 3.97. The van der Waals surface area contributed by atoms with Crippen LogP contribution in [-0.2, 0) is 0 Å². The fraction of sp³-hybridized carbons (Fsp3) is 0.200. The Morgan fingerprint density at radius 1 is 1.45 bits per heavy atom. The van der Waals surface area contributed by atoms with Gasteiger partial charge in [0, 0.05) is 0 Å². The highest BCUT2D eigenvalue weighted by molar-refractivity contribution is 9.11. The van der Waals surface area contributed by atoms with Crippen LogP contribution >= 0.6 is 15.9 Å². The fourth-order valence-corrected chi connectivity index (χ4v) is 0.858. The predicted molar refractivity (Wildman–Crippen MR) is 55.8 cm³/mol. The molecule has 0 radical (unpaired) electrons. The second-order valence-corrected chi connectivity index (χ2v) is 3.07. The minimum Gasteiger partial charge on any atom is -0.0990 e. The average molecular weight is 213 g/mol. The molecule has 0 fully saturated rings. The molecular formula is C10H13Br. The molecule has 0 bridgehead atoms. The van der Waals surface area contributed by atoms with Gasteiger partial charge >= 0.3 is 0 Å². The lowest BCUT2D eigenvalue weighted by Crippen LogP contribution is -1.71. The largest absolute Gasteiger partial charge is 0.0990 e. The van der Waals surface area contributed by atoms with Crippen LogP contribution in [0.3, 0.4) is 0 Å². The summed E-state index contributed by atoms with van der Waals surface area (Å²) < 4.78 is 1.17. The Morgan fingerprint density at radius 2 is 2.09 bits per heavy atom. The molecule has 0 heterocycles. The molecule has 0 aliphatic heterocycles. The van der Waals surface area contributed by atoms with Crippen molar-refractivity contribution in [3.05, 3.63) is 47.5 Å². The van der Waals surface area contributed by atoms with Crippen molar-refractivity contribution in [1.82, 2.24) is 0 Å². The molecule has 0 aliphatic carbocycles. The van der Waals surface area contributed by atoms with E-state index in [1.165, 1.54) is 4.48 Å². The normalized spacial score (nSPS) is 12.9. The molecule has 1 heteroatoms. The number of hydrogen-bond acceptors (Lipinski definition) is 0. The molecule has 0 atom stereocenters. The Kier molecular flexibility index (Phi) is 5.86. The standard InChI is InChI=1S/C10H13Br/c1-4-7-9(5-2)8-10(11)6-3/h4-5,7-8H,1-2,6H2,3H3/b9-7+,10-8-. The van der Waals surface area contributed by atoms with Crippen molar-refractivity contribution >= 4 is 15.9 Å². The summed E-state index contributed by atoms with van der Waals surface area (Å²) in [4.78, 5) is 0. The maximum Gasteiger partial charge on any atom is -0.00462 e. The Hall–Kier alpha value is -0.560. The molecular weight excluding hydrogens is 200 g/mol. The van der Waals surface area contributed by atoms with Crippen LogP contribution in [0.2, 0.25) is 0 Å². The molecule has 0 N–H and O–H groups in total. The Bertz CT molecular complexity index is 197. The van der Waals surface area contributed by atoms with Crippen LogP contribution in [0.15, 0.2) is 47.5 Å². The van der Waals surface area contributed by atoms with E-state index in [2.05, 4.69) is 36.0 Å². The van der Waals surface area contributed by atoms with E-state index in [1.54, 1.807) is 12.2 Å². The third-order valence-electron chi connectivity index (χ3n) is 1.21. The molecule has 0 rings (SSSR count). The van der Waals surface area contributed by atoms with Crippen molar-refractivity contribution in [3.8, 4) is 0 Å². The number of allylic oxidation sites excluding steroid dienone is 6. The molecule has 0 unspecified atom stereocenters. The summed E-state index contributed by atoms with van der Waals surface area (Å²) in [7, 11) is 0. The molecule has 0 amide bonds. The number of halogens is 1. The van der Waals surface area contributed by atoms with Crippen molar-refractivity contribution < 1.29 is 0 Å². The molecule has 60 valence electrons. The van der Waals surface area contributed by atoms with E-state index < -0.39 is 0 Å². The van der Waals surface area contributed by atoms with Crippen molar-refractivity contribution in [2.75, 3.05) is 0 Å². The molecule has 0 spiro atoms. The topological polar surface area (TPSA) is 0 Å². The van der Waals surface area contributed by atoms with Gasteiger partial charge in [-0.2, -0.15) is 0 Å². The first-order valence-electron chi connectivity index (χ1n) is 3.55. The summed E-state index contributed by atoms with van der Waals surface area (Å²) in [5.74, 6) is 0. The minimum absolute atomic E-state index is 1.00. The van der Waals surface area contributed by atoms with Crippen LogP contribution in [0.1, 0.15) is 13.3 Å². The van der Waals surface area contributed by atoms with Crippen molar-refractivity contribution in [2.24, 2.45) is 0 Å². The van der Waals surface area contributed by atoms with E-state index in [0.717, 1.165) is 12.0 Å². The third kappa shape index (κ3) is 4.79. The van der Waals surface area contributed by atoms with Crippen LogP contribution in [0.5, 0.6) is 0 Å². The lowest BCUT2D eigenvalue weighted by atomic mass is 10.2. The first kappa shape index (κ1) is 10.4. The lowest BCUT2D eigenvalue weighted by molar-refractivity contribution is 1.20. The molecule has 0 aromatic carbocycles. The van der Waals surface area contributed by atoms with Gasteiger partial charge in [-0.1, -0.05) is 54.2 Å². The van der Waals surface area contributed by atoms with Gasteiger partial charge in [-0.15, -0.1) is 0 Å². The fourth-order valence-electron chi connectivity index (χ4n) is 0.594. The zero-order chi connectivity index (χ0) is 8.69. The maximum absolute atomic E-state index is 3.69. The Labute approximate surface area is 77.1 Å². The van der Waals surface area contributed by atoms with Crippen molar-refractivity contribution in [3.63, 3.8) is 0 Å². The molecule has 0 saturated heterocycles. The lowest BCUT2D eigenvalue weighted by Gasteiger charge is -1.93. The summed E-state index contributed by atoms with van der Waals surface area (Å²) in [6, 6.07) is 0. The summed E-state index contributed by atoms with van der Waals surface area (Å²) in [6.45, 7) is 9.39. The first-order valence-corrected chi connectivity index (χ1v) is 4.35. The van der Waals surface area contributed by atoms with Crippen molar-refractivity contribution in [2.45, 2.75) is 13.3 Å². The van der Waals surface area contributed by atoms with Crippen LogP contribution in [0.25, 0.3) is 0 Å². The minimum atomic E-state index is 1.00. The van der Waals surface area contributed by atoms with Gasteiger partial charge in [0.2, 0.25) is 0 Å². The summed E-state index contributed by atoms with van der Waals surface area (Å²) in [6.07, 6.45) is 8.52. The van der Waals surface area contributed by atoms with Gasteiger partial charge in [0.25, 0.3) is 0 Å². The highest BCUT2D eigenvalue weighted by atomic mass is 79.9. The monoisotopic (exact) mass is 212 g/mol. The van der Waals surface area contributed by atoms with Gasteiger partial charge in [-0.05, 0) is 22.6 Å². The summed E-state index contributed by atoms with van der Waals surface area (Å²) >= 11 is 3.43. The van der Waals surface area contributed by atoms with Crippen LogP contribution in [0.4, 0.5) is 0 Å². The molecule has 0 nitrogen and oxygen atoms in total. The van der Waals surface area contributed by atoms with Crippen LogP contribution in [0, 0.1) is 0 Å². The van der Waals surface area contributed by atoms with E-state index in [-0.39, 0.29) is 0 Å². The molecule has 0 aliphatic rings. The van der Waals surface area contributed by atoms with Gasteiger partial charge in [-0.3, -0.25) is 0 Å². The average Bonchev–Trinajstić information content (AvgIpc) is 2.03. The smallest absolute Gasteiger partial charge is 0.00462 e. The van der Waals surface area contributed by atoms with Crippen LogP contribution < -0.4 is 0 Å². The SMILES string of the molecule is C=C/C=C(C=C)/C=C(\Br)CC. The van der Waals surface area contributed by atoms with Gasteiger partial charge in [0.05, 0.1) is 0 Å². The summed E-state index contributed by atoms with van der Waals surface area (Å²) in [5.41, 5.74) is 1.08. The number of hydrogen-bond donors (Lipinski definition) is 0. The van der Waals surface area contributed by atoms with E-state index >= 15 is 0 Å². The van der Waals surface area contributed by atoms with Gasteiger partial charge < -0.3 is 0 Å². The zero-order valence-electron chi connectivity index (χ0n) is 6.81. The summed E-state index contributed by atoms with van der Waals surface area (Å²) in [5, 5.41) is 0. The number of rotatable bonds is 4. The highest BCUT2D eigenvalue weighted by Crippen LogP contribution is 2.13. The molecule has 11 heavy (non-hydrogen) atoms. The van der Waals surface area contributed by atoms with E-state index in [4.69, 9.17) is 0 Å². The van der Waals surface area contributed by atoms with E-state index in [0.29, 0.717) is 0 Å². The van der Waals surface area contributed by atoms with E-state index in [9.17, 15) is 0 Å². The maximum atomic E-state index is 3.69. The van der Waals surface area contributed by atoms with Gasteiger partial charge in [-0.25, -0.2) is 0 Å². The second kappa shape index (κ2) is 6.17. The zero-order valence-corrected chi connectivity index (χ0v) is 8.39. The Balaban J connectivity index is 4.41. The molecule has 0 aromatic heterocycles. The molecule has 0 saturated carbocycles. The molecule has 0 aromatic rings.